The predicted molar refractivity (Wildman–Crippen MR) is 233 cm³/mol. The van der Waals surface area contributed by atoms with Crippen molar-refractivity contribution in [2.24, 2.45) is 0 Å². The summed E-state index contributed by atoms with van der Waals surface area (Å²) < 4.78 is 1.34. The van der Waals surface area contributed by atoms with Crippen molar-refractivity contribution in [1.29, 1.82) is 0 Å². The number of hydrogen-bond donors (Lipinski definition) is 0. The maximum Gasteiger partial charge on any atom is 0.160 e. The molecule has 2 nitrogen and oxygen atoms in total. The molecule has 0 bridgehead atoms. The third kappa shape index (κ3) is 4.49. The number of rotatable bonds is 4. The first-order valence-corrected chi connectivity index (χ1v) is 20.0. The second kappa shape index (κ2) is 12.0. The van der Waals surface area contributed by atoms with E-state index in [1.807, 2.05) is 29.5 Å². The predicted octanol–water partition coefficient (Wildman–Crippen LogP) is 13.9. The molecule has 1 unspecified atom stereocenters. The van der Waals surface area contributed by atoms with Gasteiger partial charge < -0.3 is 0 Å². The molecular formula is C53H32N2S. The van der Waals surface area contributed by atoms with Gasteiger partial charge in [-0.2, -0.15) is 0 Å². The number of benzene rings is 8. The molecule has 2 heterocycles. The van der Waals surface area contributed by atoms with Gasteiger partial charge in [0.2, 0.25) is 0 Å². The average molecular weight is 729 g/mol. The van der Waals surface area contributed by atoms with Crippen molar-refractivity contribution < 1.29 is 0 Å². The van der Waals surface area contributed by atoms with Gasteiger partial charge in [-0.15, -0.1) is 11.3 Å². The van der Waals surface area contributed by atoms with Gasteiger partial charge in [-0.25, -0.2) is 9.97 Å². The lowest BCUT2D eigenvalue weighted by atomic mass is 9.70. The van der Waals surface area contributed by atoms with Crippen LogP contribution in [-0.2, 0) is 5.41 Å². The highest BCUT2D eigenvalue weighted by Crippen LogP contribution is 2.66. The molecule has 0 radical (unpaired) electrons. The second-order valence-corrected chi connectivity index (χ2v) is 15.9. The maximum absolute atomic E-state index is 5.13. The minimum atomic E-state index is -0.388. The van der Waals surface area contributed by atoms with Crippen LogP contribution in [0.2, 0.25) is 0 Å². The third-order valence-corrected chi connectivity index (χ3v) is 13.1. The Balaban J connectivity index is 1.00. The van der Waals surface area contributed by atoms with Crippen LogP contribution in [0.4, 0.5) is 0 Å². The van der Waals surface area contributed by atoms with Gasteiger partial charge in [-0.3, -0.25) is 0 Å². The van der Waals surface area contributed by atoms with Crippen LogP contribution in [0, 0.1) is 0 Å². The highest BCUT2D eigenvalue weighted by Gasteiger charge is 2.53. The largest absolute Gasteiger partial charge is 0.228 e. The molecule has 0 aliphatic heterocycles. The van der Waals surface area contributed by atoms with Crippen molar-refractivity contribution in [3.8, 4) is 66.6 Å². The smallest absolute Gasteiger partial charge is 0.160 e. The Morgan fingerprint density at radius 2 is 0.982 bits per heavy atom. The van der Waals surface area contributed by atoms with E-state index in [2.05, 4.69) is 176 Å². The molecule has 0 fully saturated rings. The van der Waals surface area contributed by atoms with Crippen LogP contribution in [0.3, 0.4) is 0 Å². The van der Waals surface area contributed by atoms with Gasteiger partial charge in [0, 0.05) is 26.3 Å². The Labute approximate surface area is 329 Å². The second-order valence-electron chi connectivity index (χ2n) is 14.9. The number of fused-ring (bicyclic) bond motifs is 13. The summed E-state index contributed by atoms with van der Waals surface area (Å²) in [6.07, 6.45) is 0. The summed E-state index contributed by atoms with van der Waals surface area (Å²) in [6.45, 7) is 0. The Morgan fingerprint density at radius 1 is 0.375 bits per heavy atom. The fraction of sp³-hybridized carbons (Fsp3) is 0.0189. The fourth-order valence-electron chi connectivity index (χ4n) is 9.41. The van der Waals surface area contributed by atoms with E-state index in [0.717, 1.165) is 33.9 Å². The molecule has 0 saturated carbocycles. The zero-order valence-corrected chi connectivity index (χ0v) is 31.1. The average Bonchev–Trinajstić information content (AvgIpc) is 3.90. The molecule has 8 aromatic carbocycles. The summed E-state index contributed by atoms with van der Waals surface area (Å²) in [5, 5.41) is 3.76. The molecule has 2 aliphatic carbocycles. The summed E-state index contributed by atoms with van der Waals surface area (Å²) in [5.74, 6) is 0.719. The van der Waals surface area contributed by atoms with E-state index in [-0.39, 0.29) is 5.41 Å². The van der Waals surface area contributed by atoms with Crippen molar-refractivity contribution in [1.82, 2.24) is 9.97 Å². The maximum atomic E-state index is 5.13. The fourth-order valence-corrected chi connectivity index (χ4v) is 10.7. The summed E-state index contributed by atoms with van der Waals surface area (Å²) in [5.41, 5.74) is 16.5. The van der Waals surface area contributed by atoms with E-state index < -0.39 is 0 Å². The summed E-state index contributed by atoms with van der Waals surface area (Å²) in [7, 11) is 0. The van der Waals surface area contributed by atoms with E-state index in [1.165, 1.54) is 75.8 Å². The van der Waals surface area contributed by atoms with Crippen molar-refractivity contribution in [2.45, 2.75) is 5.41 Å². The lowest BCUT2D eigenvalue weighted by Crippen LogP contribution is -2.25. The van der Waals surface area contributed by atoms with Crippen LogP contribution in [0.1, 0.15) is 22.3 Å². The van der Waals surface area contributed by atoms with Gasteiger partial charge in [0.15, 0.2) is 5.82 Å². The van der Waals surface area contributed by atoms with Crippen molar-refractivity contribution in [3.05, 3.63) is 216 Å². The molecule has 260 valence electrons. The van der Waals surface area contributed by atoms with Crippen LogP contribution >= 0.6 is 11.3 Å². The van der Waals surface area contributed by atoms with Gasteiger partial charge in [0.25, 0.3) is 0 Å². The molecule has 0 saturated heterocycles. The number of hydrogen-bond acceptors (Lipinski definition) is 3. The van der Waals surface area contributed by atoms with Crippen molar-refractivity contribution >= 4 is 32.2 Å². The van der Waals surface area contributed by atoms with Crippen LogP contribution in [0.25, 0.3) is 87.5 Å². The van der Waals surface area contributed by atoms with E-state index >= 15 is 0 Å². The Morgan fingerprint density at radius 3 is 1.82 bits per heavy atom. The SMILES string of the molecule is c1ccc(-c2nc(-c3ccc(-c4ccc5c(c4)C4(c6ccccc6-5)c5ccccc5-c5sc6ccccc6c54)cc3)cc(-c3ccc4ccccc4c3)n2)cc1. The van der Waals surface area contributed by atoms with E-state index in [4.69, 9.17) is 9.97 Å². The quantitative estimate of drug-likeness (QED) is 0.180. The zero-order valence-electron chi connectivity index (χ0n) is 30.3. The number of aromatic nitrogens is 2. The van der Waals surface area contributed by atoms with Gasteiger partial charge in [-0.05, 0) is 90.5 Å². The van der Waals surface area contributed by atoms with Crippen LogP contribution in [0.5, 0.6) is 0 Å². The Kier molecular flexibility index (Phi) is 6.75. The Bertz CT molecular complexity index is 3200. The van der Waals surface area contributed by atoms with Crippen molar-refractivity contribution in [3.63, 3.8) is 0 Å². The molecule has 2 aromatic heterocycles. The molecule has 0 N–H and O–H groups in total. The minimum absolute atomic E-state index is 0.388. The highest BCUT2D eigenvalue weighted by atomic mass is 32.1. The van der Waals surface area contributed by atoms with Crippen LogP contribution in [-0.4, -0.2) is 9.97 Å². The normalized spacial score (nSPS) is 14.9. The molecule has 1 spiro atoms. The summed E-state index contributed by atoms with van der Waals surface area (Å²) in [4.78, 5) is 11.6. The highest BCUT2D eigenvalue weighted by molar-refractivity contribution is 7.22. The third-order valence-electron chi connectivity index (χ3n) is 11.9. The van der Waals surface area contributed by atoms with Gasteiger partial charge in [-0.1, -0.05) is 170 Å². The molecule has 12 rings (SSSR count). The van der Waals surface area contributed by atoms with E-state index in [0.29, 0.717) is 0 Å². The first-order valence-electron chi connectivity index (χ1n) is 19.1. The van der Waals surface area contributed by atoms with Gasteiger partial charge >= 0.3 is 0 Å². The molecule has 10 aromatic rings. The van der Waals surface area contributed by atoms with E-state index in [9.17, 15) is 0 Å². The minimum Gasteiger partial charge on any atom is -0.228 e. The van der Waals surface area contributed by atoms with E-state index in [1.54, 1.807) is 0 Å². The summed E-state index contributed by atoms with van der Waals surface area (Å²) >= 11 is 1.93. The van der Waals surface area contributed by atoms with Crippen LogP contribution in [0.15, 0.2) is 194 Å². The molecular weight excluding hydrogens is 697 g/mol. The zero-order chi connectivity index (χ0) is 36.8. The lowest BCUT2D eigenvalue weighted by molar-refractivity contribution is 0.803. The Hall–Kier alpha value is -6.94. The topological polar surface area (TPSA) is 25.8 Å². The molecule has 0 amide bonds. The monoisotopic (exact) mass is 728 g/mol. The summed E-state index contributed by atoms with van der Waals surface area (Å²) in [6, 6.07) is 70.6. The standard InChI is InChI=1S/C53H32N2S/c1-2-13-36(14-3-1)52-54-47(32-48(55-52)39-27-24-33-12-4-5-15-37(33)30-39)35-25-22-34(23-26-35)38-28-29-41-40-16-6-9-19-44(40)53(46(41)31-38)45-20-10-7-17-42(45)51-50(53)43-18-8-11-21-49(43)56-51/h1-32H. The lowest BCUT2D eigenvalue weighted by Gasteiger charge is -2.30. The first kappa shape index (κ1) is 31.4. The molecule has 56 heavy (non-hydrogen) atoms. The van der Waals surface area contributed by atoms with Crippen LogP contribution < -0.4 is 0 Å². The molecule has 1 atom stereocenters. The van der Waals surface area contributed by atoms with Gasteiger partial charge in [0.05, 0.1) is 16.8 Å². The van der Waals surface area contributed by atoms with Crippen molar-refractivity contribution in [2.75, 3.05) is 0 Å². The molecule has 2 aliphatic rings. The molecule has 3 heteroatoms. The first-order chi connectivity index (χ1) is 27.7. The van der Waals surface area contributed by atoms with Gasteiger partial charge in [0.1, 0.15) is 0 Å². The number of nitrogens with zero attached hydrogens (tertiary/aromatic N) is 2. The number of thiophene rings is 1.